The summed E-state index contributed by atoms with van der Waals surface area (Å²) in [5.74, 6) is 0.657. The van der Waals surface area contributed by atoms with Gasteiger partial charge in [0, 0.05) is 31.2 Å². The lowest BCUT2D eigenvalue weighted by molar-refractivity contribution is 0.169. The molecule has 6 nitrogen and oxygen atoms in total. The van der Waals surface area contributed by atoms with Gasteiger partial charge in [0.15, 0.2) is 5.58 Å². The zero-order chi connectivity index (χ0) is 19.0. The number of aryl methyl sites for hydroxylation is 1. The number of benzene rings is 2. The zero-order valence-electron chi connectivity index (χ0n) is 14.9. The van der Waals surface area contributed by atoms with E-state index in [4.69, 9.17) is 16.0 Å². The van der Waals surface area contributed by atoms with Gasteiger partial charge in [0.25, 0.3) is 0 Å². The average Bonchev–Trinajstić information content (AvgIpc) is 3.04. The molecule has 4 rings (SSSR count). The molecule has 0 N–H and O–H groups in total. The largest absolute Gasteiger partial charge is 0.439 e. The van der Waals surface area contributed by atoms with E-state index >= 15 is 0 Å². The van der Waals surface area contributed by atoms with Crippen LogP contribution in [0.15, 0.2) is 51.8 Å². The highest BCUT2D eigenvalue weighted by molar-refractivity contribution is 7.89. The molecular weight excluding hydrogens is 386 g/mol. The number of hydrogen-bond donors (Lipinski definition) is 0. The number of aromatic nitrogens is 1. The Bertz CT molecular complexity index is 1060. The quantitative estimate of drug-likeness (QED) is 0.666. The maximum Gasteiger partial charge on any atom is 0.243 e. The first-order chi connectivity index (χ1) is 12.9. The molecule has 1 saturated heterocycles. The minimum atomic E-state index is -3.49. The molecule has 27 heavy (non-hydrogen) atoms. The summed E-state index contributed by atoms with van der Waals surface area (Å²) in [5, 5.41) is 0.521. The van der Waals surface area contributed by atoms with Crippen molar-refractivity contribution in [1.82, 2.24) is 14.2 Å². The number of nitrogens with zero attached hydrogens (tertiary/aromatic N) is 3. The Hall–Kier alpha value is -1.93. The topological polar surface area (TPSA) is 66.7 Å². The van der Waals surface area contributed by atoms with Gasteiger partial charge in [0.05, 0.1) is 11.4 Å². The van der Waals surface area contributed by atoms with Crippen LogP contribution < -0.4 is 0 Å². The van der Waals surface area contributed by atoms with Gasteiger partial charge in [0.1, 0.15) is 5.52 Å². The van der Waals surface area contributed by atoms with Crippen LogP contribution >= 0.6 is 11.6 Å². The van der Waals surface area contributed by atoms with Crippen molar-refractivity contribution in [2.24, 2.45) is 0 Å². The third kappa shape index (κ3) is 3.87. The first kappa shape index (κ1) is 18.4. The second kappa shape index (κ2) is 7.24. The fraction of sp³-hybridized carbons (Fsp3) is 0.316. The molecule has 1 fully saturated rings. The smallest absolute Gasteiger partial charge is 0.243 e. The van der Waals surface area contributed by atoms with E-state index < -0.39 is 10.0 Å². The molecule has 0 aliphatic carbocycles. The molecule has 0 radical (unpaired) electrons. The number of fused-ring (bicyclic) bond motifs is 1. The average molecular weight is 406 g/mol. The highest BCUT2D eigenvalue weighted by Crippen LogP contribution is 2.22. The van der Waals surface area contributed by atoms with Crippen LogP contribution in [0.5, 0.6) is 0 Å². The molecule has 2 heterocycles. The van der Waals surface area contributed by atoms with E-state index in [0.717, 1.165) is 16.7 Å². The predicted molar refractivity (Wildman–Crippen MR) is 104 cm³/mol. The van der Waals surface area contributed by atoms with Gasteiger partial charge >= 0.3 is 0 Å². The number of halogens is 1. The molecule has 1 aliphatic rings. The van der Waals surface area contributed by atoms with Gasteiger partial charge in [-0.2, -0.15) is 4.31 Å². The van der Waals surface area contributed by atoms with Gasteiger partial charge in [-0.3, -0.25) is 4.90 Å². The summed E-state index contributed by atoms with van der Waals surface area (Å²) in [5.41, 5.74) is 2.77. The lowest BCUT2D eigenvalue weighted by atomic mass is 10.2. The van der Waals surface area contributed by atoms with Gasteiger partial charge in [-0.05, 0) is 48.9 Å². The third-order valence-corrected chi connectivity index (χ3v) is 6.89. The van der Waals surface area contributed by atoms with Crippen molar-refractivity contribution in [3.05, 3.63) is 58.9 Å². The molecule has 142 valence electrons. The van der Waals surface area contributed by atoms with Crippen molar-refractivity contribution in [3.8, 4) is 0 Å². The second-order valence-corrected chi connectivity index (χ2v) is 9.09. The Labute approximate surface area is 163 Å². The second-order valence-electron chi connectivity index (χ2n) is 6.71. The summed E-state index contributed by atoms with van der Waals surface area (Å²) in [7, 11) is -3.49. The van der Waals surface area contributed by atoms with E-state index in [-0.39, 0.29) is 4.90 Å². The Morgan fingerprint density at radius 3 is 2.48 bits per heavy atom. The Kier molecular flexibility index (Phi) is 4.94. The van der Waals surface area contributed by atoms with Crippen molar-refractivity contribution in [1.29, 1.82) is 0 Å². The molecule has 0 amide bonds. The Morgan fingerprint density at radius 2 is 1.78 bits per heavy atom. The van der Waals surface area contributed by atoms with E-state index in [2.05, 4.69) is 9.88 Å². The minimum Gasteiger partial charge on any atom is -0.439 e. The molecule has 3 aromatic rings. The predicted octanol–water partition coefficient (Wildman–Crippen LogP) is 3.30. The van der Waals surface area contributed by atoms with Gasteiger partial charge in [-0.25, -0.2) is 13.4 Å². The number of rotatable bonds is 4. The van der Waals surface area contributed by atoms with Crippen LogP contribution in [0.1, 0.15) is 11.5 Å². The Morgan fingerprint density at radius 1 is 1.07 bits per heavy atom. The number of sulfonamides is 1. The van der Waals surface area contributed by atoms with Crippen molar-refractivity contribution in [3.63, 3.8) is 0 Å². The summed E-state index contributed by atoms with van der Waals surface area (Å²) in [6.45, 7) is 4.72. The van der Waals surface area contributed by atoms with E-state index in [1.54, 1.807) is 24.3 Å². The van der Waals surface area contributed by atoms with Crippen LogP contribution in [-0.2, 0) is 16.6 Å². The zero-order valence-corrected chi connectivity index (χ0v) is 16.5. The van der Waals surface area contributed by atoms with Crippen LogP contribution in [0.2, 0.25) is 5.02 Å². The Balaban J connectivity index is 1.41. The van der Waals surface area contributed by atoms with Gasteiger partial charge in [-0.15, -0.1) is 0 Å². The van der Waals surface area contributed by atoms with Crippen molar-refractivity contribution >= 4 is 32.7 Å². The molecule has 0 spiro atoms. The summed E-state index contributed by atoms with van der Waals surface area (Å²) in [4.78, 5) is 6.97. The summed E-state index contributed by atoms with van der Waals surface area (Å²) >= 11 is 5.85. The van der Waals surface area contributed by atoms with Gasteiger partial charge in [-0.1, -0.05) is 17.7 Å². The number of oxazole rings is 1. The summed E-state index contributed by atoms with van der Waals surface area (Å²) < 4.78 is 32.8. The van der Waals surface area contributed by atoms with Crippen LogP contribution in [0.3, 0.4) is 0 Å². The highest BCUT2D eigenvalue weighted by Gasteiger charge is 2.28. The van der Waals surface area contributed by atoms with E-state index in [1.807, 2.05) is 25.1 Å². The van der Waals surface area contributed by atoms with E-state index in [9.17, 15) is 8.42 Å². The number of piperazine rings is 1. The van der Waals surface area contributed by atoms with Crippen LogP contribution in [0.4, 0.5) is 0 Å². The maximum absolute atomic E-state index is 12.7. The summed E-state index contributed by atoms with van der Waals surface area (Å²) in [6, 6.07) is 12.2. The first-order valence-corrected chi connectivity index (χ1v) is 10.6. The molecule has 1 aromatic heterocycles. The van der Waals surface area contributed by atoms with Gasteiger partial charge in [0.2, 0.25) is 15.9 Å². The minimum absolute atomic E-state index is 0.273. The van der Waals surface area contributed by atoms with E-state index in [0.29, 0.717) is 43.6 Å². The molecule has 1 aliphatic heterocycles. The molecule has 0 atom stereocenters. The van der Waals surface area contributed by atoms with Crippen LogP contribution in [-0.4, -0.2) is 48.8 Å². The van der Waals surface area contributed by atoms with E-state index in [1.165, 1.54) is 4.31 Å². The molecule has 0 saturated carbocycles. The van der Waals surface area contributed by atoms with Crippen molar-refractivity contribution < 1.29 is 12.8 Å². The van der Waals surface area contributed by atoms with Gasteiger partial charge < -0.3 is 4.42 Å². The summed E-state index contributed by atoms with van der Waals surface area (Å²) in [6.07, 6.45) is 0. The lowest BCUT2D eigenvalue weighted by Crippen LogP contribution is -2.48. The van der Waals surface area contributed by atoms with Crippen LogP contribution in [0, 0.1) is 6.92 Å². The third-order valence-electron chi connectivity index (χ3n) is 4.73. The fourth-order valence-corrected chi connectivity index (χ4v) is 4.78. The maximum atomic E-state index is 12.7. The molecule has 0 unspecified atom stereocenters. The first-order valence-electron chi connectivity index (χ1n) is 8.76. The molecule has 0 bridgehead atoms. The van der Waals surface area contributed by atoms with Crippen LogP contribution in [0.25, 0.3) is 11.1 Å². The normalized spacial score (nSPS) is 16.8. The molecule has 2 aromatic carbocycles. The SMILES string of the molecule is Cc1ccc2oc(CN3CCN(S(=O)(=O)c4ccc(Cl)cc4)CC3)nc2c1. The number of hydrogen-bond acceptors (Lipinski definition) is 5. The highest BCUT2D eigenvalue weighted by atomic mass is 35.5. The molecular formula is C19H20ClN3O3S. The monoisotopic (exact) mass is 405 g/mol. The van der Waals surface area contributed by atoms with Crippen molar-refractivity contribution in [2.45, 2.75) is 18.4 Å². The fourth-order valence-electron chi connectivity index (χ4n) is 3.23. The lowest BCUT2D eigenvalue weighted by Gasteiger charge is -2.33. The van der Waals surface area contributed by atoms with Crippen molar-refractivity contribution in [2.75, 3.05) is 26.2 Å². The standard InChI is InChI=1S/C19H20ClN3O3S/c1-14-2-7-18-17(12-14)21-19(26-18)13-22-8-10-23(11-9-22)27(24,25)16-5-3-15(20)4-6-16/h2-7,12H,8-11,13H2,1H3. The molecule has 8 heteroatoms.